The van der Waals surface area contributed by atoms with Crippen LogP contribution in [0, 0.1) is 0 Å². The van der Waals surface area contributed by atoms with Crippen LogP contribution in [-0.4, -0.2) is 26.1 Å². The molecule has 0 aromatic heterocycles. The number of anilines is 1. The average molecular weight is 227 g/mol. The van der Waals surface area contributed by atoms with Crippen LogP contribution in [0.3, 0.4) is 0 Å². The van der Waals surface area contributed by atoms with Crippen LogP contribution in [0.25, 0.3) is 0 Å². The predicted octanol–water partition coefficient (Wildman–Crippen LogP) is 2.41. The van der Waals surface area contributed by atoms with Gasteiger partial charge in [0.1, 0.15) is 5.75 Å². The monoisotopic (exact) mass is 227 g/mol. The molecule has 0 heterocycles. The molecular weight excluding hydrogens is 210 g/mol. The quantitative estimate of drug-likeness (QED) is 0.460. The number of thioether (sulfide) groups is 1. The van der Waals surface area contributed by atoms with Gasteiger partial charge >= 0.3 is 0 Å². The number of hydrogen-bond acceptors (Lipinski definition) is 4. The van der Waals surface area contributed by atoms with Gasteiger partial charge in [-0.1, -0.05) is 6.07 Å². The van der Waals surface area contributed by atoms with Crippen LogP contribution in [0.15, 0.2) is 23.1 Å². The second-order valence-corrected chi connectivity index (χ2v) is 4.08. The summed E-state index contributed by atoms with van der Waals surface area (Å²) in [5.41, 5.74) is 6.69. The Balaban J connectivity index is 2.66. The second kappa shape index (κ2) is 6.58. The molecule has 1 aromatic rings. The number of hydrogen-bond donors (Lipinski definition) is 1. The Morgan fingerprint density at radius 1 is 1.40 bits per heavy atom. The van der Waals surface area contributed by atoms with E-state index >= 15 is 0 Å². The number of rotatable bonds is 6. The largest absolute Gasteiger partial charge is 0.492 e. The molecule has 2 N–H and O–H groups in total. The van der Waals surface area contributed by atoms with E-state index in [-0.39, 0.29) is 0 Å². The van der Waals surface area contributed by atoms with Crippen molar-refractivity contribution in [2.75, 3.05) is 31.8 Å². The number of benzene rings is 1. The minimum Gasteiger partial charge on any atom is -0.492 e. The van der Waals surface area contributed by atoms with E-state index in [0.29, 0.717) is 6.61 Å². The van der Waals surface area contributed by atoms with Crippen LogP contribution in [0.5, 0.6) is 5.75 Å². The van der Waals surface area contributed by atoms with Gasteiger partial charge in [-0.2, -0.15) is 0 Å². The summed E-state index contributed by atoms with van der Waals surface area (Å²) in [5, 5.41) is 0. The van der Waals surface area contributed by atoms with Gasteiger partial charge in [0.25, 0.3) is 0 Å². The summed E-state index contributed by atoms with van der Waals surface area (Å²) in [7, 11) is 1.69. The van der Waals surface area contributed by atoms with E-state index < -0.39 is 0 Å². The topological polar surface area (TPSA) is 44.5 Å². The van der Waals surface area contributed by atoms with Gasteiger partial charge in [0.05, 0.1) is 18.9 Å². The lowest BCUT2D eigenvalue weighted by molar-refractivity contribution is 0.218. The van der Waals surface area contributed by atoms with Crippen molar-refractivity contribution >= 4 is 17.4 Å². The number of nitrogens with two attached hydrogens (primary N) is 1. The first-order chi connectivity index (χ1) is 7.29. The van der Waals surface area contributed by atoms with Crippen LogP contribution < -0.4 is 10.5 Å². The molecular formula is C11H17NO2S. The fraction of sp³-hybridized carbons (Fsp3) is 0.455. The van der Waals surface area contributed by atoms with Crippen molar-refractivity contribution in [2.24, 2.45) is 0 Å². The summed E-state index contributed by atoms with van der Waals surface area (Å²) in [4.78, 5) is 1.05. The average Bonchev–Trinajstić information content (AvgIpc) is 2.24. The van der Waals surface area contributed by atoms with E-state index in [2.05, 4.69) is 0 Å². The number of nitrogen functional groups attached to an aromatic ring is 1. The van der Waals surface area contributed by atoms with Crippen LogP contribution in [0.4, 0.5) is 5.69 Å². The van der Waals surface area contributed by atoms with Crippen LogP contribution in [0.1, 0.15) is 6.92 Å². The third-order valence-corrected chi connectivity index (χ3v) is 2.91. The molecule has 4 heteroatoms. The SMILES string of the molecule is CCOc1cccc(SCCOC)c1N. The summed E-state index contributed by atoms with van der Waals surface area (Å²) >= 11 is 1.68. The molecule has 84 valence electrons. The van der Waals surface area contributed by atoms with Gasteiger partial charge in [-0.15, -0.1) is 11.8 Å². The first kappa shape index (κ1) is 12.2. The Morgan fingerprint density at radius 3 is 2.87 bits per heavy atom. The zero-order valence-corrected chi connectivity index (χ0v) is 9.97. The highest BCUT2D eigenvalue weighted by molar-refractivity contribution is 7.99. The van der Waals surface area contributed by atoms with E-state index in [1.807, 2.05) is 25.1 Å². The van der Waals surface area contributed by atoms with Gasteiger partial charge in [0.2, 0.25) is 0 Å². The maximum absolute atomic E-state index is 5.96. The molecule has 0 saturated carbocycles. The Morgan fingerprint density at radius 2 is 2.20 bits per heavy atom. The Hall–Kier alpha value is -0.870. The molecule has 0 saturated heterocycles. The van der Waals surface area contributed by atoms with Crippen molar-refractivity contribution in [3.05, 3.63) is 18.2 Å². The minimum absolute atomic E-state index is 0.635. The zero-order valence-electron chi connectivity index (χ0n) is 9.16. The van der Waals surface area contributed by atoms with E-state index in [4.69, 9.17) is 15.2 Å². The number of methoxy groups -OCH3 is 1. The van der Waals surface area contributed by atoms with Crippen molar-refractivity contribution in [1.82, 2.24) is 0 Å². The lowest BCUT2D eigenvalue weighted by atomic mass is 10.3. The van der Waals surface area contributed by atoms with E-state index in [0.717, 1.165) is 28.7 Å². The maximum atomic E-state index is 5.96. The highest BCUT2D eigenvalue weighted by Gasteiger charge is 2.05. The molecule has 0 spiro atoms. The van der Waals surface area contributed by atoms with Crippen LogP contribution >= 0.6 is 11.8 Å². The molecule has 0 aliphatic heterocycles. The van der Waals surface area contributed by atoms with Crippen LogP contribution in [0.2, 0.25) is 0 Å². The van der Waals surface area contributed by atoms with Crippen LogP contribution in [-0.2, 0) is 4.74 Å². The van der Waals surface area contributed by atoms with Gasteiger partial charge in [-0.05, 0) is 19.1 Å². The molecule has 0 aliphatic carbocycles. The molecule has 0 fully saturated rings. The Labute approximate surface area is 94.9 Å². The standard InChI is InChI=1S/C11H17NO2S/c1-3-14-9-5-4-6-10(11(9)12)15-8-7-13-2/h4-6H,3,7-8,12H2,1-2H3. The molecule has 0 atom stereocenters. The second-order valence-electron chi connectivity index (χ2n) is 2.94. The van der Waals surface area contributed by atoms with Gasteiger partial charge in [0, 0.05) is 17.8 Å². The van der Waals surface area contributed by atoms with Crippen molar-refractivity contribution in [1.29, 1.82) is 0 Å². The van der Waals surface area contributed by atoms with Crippen molar-refractivity contribution in [3.8, 4) is 5.75 Å². The Kier molecular flexibility index (Phi) is 5.36. The molecule has 1 rings (SSSR count). The zero-order chi connectivity index (χ0) is 11.1. The number of ether oxygens (including phenoxy) is 2. The number of para-hydroxylation sites is 1. The molecule has 15 heavy (non-hydrogen) atoms. The first-order valence-electron chi connectivity index (χ1n) is 4.92. The van der Waals surface area contributed by atoms with Crippen molar-refractivity contribution in [3.63, 3.8) is 0 Å². The maximum Gasteiger partial charge on any atom is 0.143 e. The third kappa shape index (κ3) is 3.64. The first-order valence-corrected chi connectivity index (χ1v) is 5.91. The molecule has 0 aliphatic rings. The fourth-order valence-corrected chi connectivity index (χ4v) is 2.07. The predicted molar refractivity (Wildman–Crippen MR) is 64.6 cm³/mol. The lowest BCUT2D eigenvalue weighted by Crippen LogP contribution is -1.99. The van der Waals surface area contributed by atoms with Gasteiger partial charge in [0.15, 0.2) is 0 Å². The van der Waals surface area contributed by atoms with Gasteiger partial charge < -0.3 is 15.2 Å². The molecule has 0 unspecified atom stereocenters. The normalized spacial score (nSPS) is 10.3. The third-order valence-electron chi connectivity index (χ3n) is 1.87. The Bertz CT molecular complexity index is 305. The molecule has 0 bridgehead atoms. The summed E-state index contributed by atoms with van der Waals surface area (Å²) in [6, 6.07) is 5.84. The van der Waals surface area contributed by atoms with Gasteiger partial charge in [-0.3, -0.25) is 0 Å². The highest BCUT2D eigenvalue weighted by Crippen LogP contribution is 2.32. The smallest absolute Gasteiger partial charge is 0.143 e. The van der Waals surface area contributed by atoms with Crippen molar-refractivity contribution < 1.29 is 9.47 Å². The van der Waals surface area contributed by atoms with E-state index in [1.165, 1.54) is 0 Å². The summed E-state index contributed by atoms with van der Waals surface area (Å²) in [5.74, 6) is 1.66. The molecule has 3 nitrogen and oxygen atoms in total. The molecule has 1 aromatic carbocycles. The highest BCUT2D eigenvalue weighted by atomic mass is 32.2. The molecule has 0 radical (unpaired) electrons. The minimum atomic E-state index is 0.635. The lowest BCUT2D eigenvalue weighted by Gasteiger charge is -2.10. The molecule has 0 amide bonds. The van der Waals surface area contributed by atoms with Gasteiger partial charge in [-0.25, -0.2) is 0 Å². The van der Waals surface area contributed by atoms with E-state index in [9.17, 15) is 0 Å². The van der Waals surface area contributed by atoms with Crippen molar-refractivity contribution in [2.45, 2.75) is 11.8 Å². The summed E-state index contributed by atoms with van der Waals surface area (Å²) < 4.78 is 10.4. The summed E-state index contributed by atoms with van der Waals surface area (Å²) in [6.07, 6.45) is 0. The summed E-state index contributed by atoms with van der Waals surface area (Å²) in [6.45, 7) is 3.31. The fourth-order valence-electron chi connectivity index (χ4n) is 1.17. The van der Waals surface area contributed by atoms with E-state index in [1.54, 1.807) is 18.9 Å².